The quantitative estimate of drug-likeness (QED) is 0.604. The summed E-state index contributed by atoms with van der Waals surface area (Å²) in [6, 6.07) is 14.0. The van der Waals surface area contributed by atoms with Gasteiger partial charge < -0.3 is 10.6 Å². The van der Waals surface area contributed by atoms with Crippen LogP contribution in [-0.4, -0.2) is 31.5 Å². The fourth-order valence-electron chi connectivity index (χ4n) is 3.84. The van der Waals surface area contributed by atoms with E-state index in [0.717, 1.165) is 25.7 Å². The molecule has 7 nitrogen and oxygen atoms in total. The van der Waals surface area contributed by atoms with Gasteiger partial charge in [0.15, 0.2) is 0 Å². The third-order valence-corrected chi connectivity index (χ3v) is 7.54. The molecule has 2 aromatic carbocycles. The lowest BCUT2D eigenvalue weighted by Crippen LogP contribution is -2.33. The second-order valence-electron chi connectivity index (χ2n) is 8.24. The van der Waals surface area contributed by atoms with E-state index in [1.807, 2.05) is 18.2 Å². The smallest absolute Gasteiger partial charge is 0.264 e. The summed E-state index contributed by atoms with van der Waals surface area (Å²) in [5.74, 6) is -1.07. The third-order valence-electron chi connectivity index (χ3n) is 5.72. The van der Waals surface area contributed by atoms with Crippen molar-refractivity contribution >= 4 is 33.2 Å². The molecule has 4 rings (SSSR count). The van der Waals surface area contributed by atoms with E-state index in [0.29, 0.717) is 29.8 Å². The largest absolute Gasteiger partial charge is 0.382 e. The number of carbonyl (C=O) groups is 2. The summed E-state index contributed by atoms with van der Waals surface area (Å²) in [7, 11) is -3.66. The Morgan fingerprint density at radius 3 is 2.23 bits per heavy atom. The third kappa shape index (κ3) is 5.44. The van der Waals surface area contributed by atoms with Crippen LogP contribution < -0.4 is 15.4 Å². The van der Waals surface area contributed by atoms with Crippen LogP contribution in [0.4, 0.5) is 11.4 Å². The number of rotatable bonds is 7. The molecule has 2 saturated carbocycles. The second-order valence-corrected chi connectivity index (χ2v) is 10.2. The van der Waals surface area contributed by atoms with Crippen molar-refractivity contribution in [2.24, 2.45) is 0 Å². The minimum absolute atomic E-state index is 0.136. The molecule has 0 saturated heterocycles. The number of hydrogen-bond acceptors (Lipinski definition) is 5. The average molecular weight is 442 g/mol. The lowest BCUT2D eigenvalue weighted by molar-refractivity contribution is 0.0981. The van der Waals surface area contributed by atoms with Crippen LogP contribution in [0, 0.1) is 0 Å². The Morgan fingerprint density at radius 2 is 1.55 bits per heavy atom. The van der Waals surface area contributed by atoms with Gasteiger partial charge >= 0.3 is 0 Å². The van der Waals surface area contributed by atoms with Crippen molar-refractivity contribution in [2.45, 2.75) is 56.2 Å². The molecule has 31 heavy (non-hydrogen) atoms. The minimum atomic E-state index is -3.66. The maximum absolute atomic E-state index is 13.1. The number of para-hydroxylation sites is 1. The van der Waals surface area contributed by atoms with Gasteiger partial charge in [-0.05, 0) is 56.0 Å². The van der Waals surface area contributed by atoms with Gasteiger partial charge in [-0.1, -0.05) is 37.5 Å². The van der Waals surface area contributed by atoms with Crippen LogP contribution in [0.2, 0.25) is 0 Å². The lowest BCUT2D eigenvalue weighted by atomic mass is 9.95. The number of sulfonamides is 1. The van der Waals surface area contributed by atoms with Crippen molar-refractivity contribution in [2.75, 3.05) is 10.6 Å². The molecule has 2 fully saturated rings. The summed E-state index contributed by atoms with van der Waals surface area (Å²) in [5.41, 5.74) is 1.73. The summed E-state index contributed by atoms with van der Waals surface area (Å²) in [6.45, 7) is 0. The summed E-state index contributed by atoms with van der Waals surface area (Å²) >= 11 is 0. The lowest BCUT2D eigenvalue weighted by Gasteiger charge is -2.25. The summed E-state index contributed by atoms with van der Waals surface area (Å²) < 4.78 is 26.4. The molecule has 3 N–H and O–H groups in total. The fourth-order valence-corrected chi connectivity index (χ4v) is 5.14. The minimum Gasteiger partial charge on any atom is -0.382 e. The Labute approximate surface area is 182 Å². The van der Waals surface area contributed by atoms with Crippen LogP contribution in [0.3, 0.4) is 0 Å². The van der Waals surface area contributed by atoms with Gasteiger partial charge in [0, 0.05) is 23.0 Å². The topological polar surface area (TPSA) is 104 Å². The van der Waals surface area contributed by atoms with Crippen molar-refractivity contribution in [1.82, 2.24) is 4.72 Å². The van der Waals surface area contributed by atoms with Crippen molar-refractivity contribution in [3.8, 4) is 0 Å². The molecule has 2 aromatic rings. The van der Waals surface area contributed by atoms with Crippen LogP contribution >= 0.6 is 0 Å². The second kappa shape index (κ2) is 9.09. The van der Waals surface area contributed by atoms with Crippen molar-refractivity contribution < 1.29 is 18.0 Å². The van der Waals surface area contributed by atoms with Gasteiger partial charge in [0.25, 0.3) is 11.8 Å². The van der Waals surface area contributed by atoms with E-state index in [-0.39, 0.29) is 17.5 Å². The predicted octanol–water partition coefficient (Wildman–Crippen LogP) is 3.91. The molecular weight excluding hydrogens is 414 g/mol. The molecule has 0 aliphatic heterocycles. The molecule has 2 aliphatic carbocycles. The van der Waals surface area contributed by atoms with E-state index in [2.05, 4.69) is 15.4 Å². The van der Waals surface area contributed by atoms with E-state index >= 15 is 0 Å². The Morgan fingerprint density at radius 1 is 0.839 bits per heavy atom. The monoisotopic (exact) mass is 441 g/mol. The SMILES string of the molecule is O=C(NS(=O)(=O)C1CC1)c1ccc(NC2CCCCC2)c(C(=O)Nc2ccccc2)c1. The molecule has 0 heterocycles. The molecule has 0 spiro atoms. The summed E-state index contributed by atoms with van der Waals surface area (Å²) in [4.78, 5) is 25.6. The molecule has 0 aromatic heterocycles. The summed E-state index contributed by atoms with van der Waals surface area (Å²) in [5, 5.41) is 5.80. The van der Waals surface area contributed by atoms with Gasteiger partial charge in [-0.15, -0.1) is 0 Å². The Hall–Kier alpha value is -2.87. The van der Waals surface area contributed by atoms with Crippen LogP contribution in [0.25, 0.3) is 0 Å². The van der Waals surface area contributed by atoms with Crippen LogP contribution in [-0.2, 0) is 10.0 Å². The highest BCUT2D eigenvalue weighted by Gasteiger charge is 2.37. The first kappa shape index (κ1) is 21.4. The number of anilines is 2. The standard InChI is InChI=1S/C23H27N3O4S/c27-22(26-31(29,30)19-12-13-19)16-11-14-21(24-17-7-3-1-4-8-17)20(15-16)23(28)25-18-9-5-2-6-10-18/h2,5-6,9-11,14-15,17,19,24H,1,3-4,7-8,12-13H2,(H,25,28)(H,26,27). The number of hydrogen-bond donors (Lipinski definition) is 3. The van der Waals surface area contributed by atoms with Gasteiger partial charge in [-0.3, -0.25) is 9.59 Å². The predicted molar refractivity (Wildman–Crippen MR) is 121 cm³/mol. The highest BCUT2D eigenvalue weighted by Crippen LogP contribution is 2.28. The Balaban J connectivity index is 1.59. The first-order chi connectivity index (χ1) is 14.9. The van der Waals surface area contributed by atoms with E-state index < -0.39 is 21.2 Å². The molecule has 164 valence electrons. The van der Waals surface area contributed by atoms with E-state index in [1.54, 1.807) is 24.3 Å². The van der Waals surface area contributed by atoms with Gasteiger partial charge in [0.2, 0.25) is 10.0 Å². The first-order valence-corrected chi connectivity index (χ1v) is 12.3. The molecular formula is C23H27N3O4S. The molecule has 2 amide bonds. The molecule has 8 heteroatoms. The molecule has 2 aliphatic rings. The first-order valence-electron chi connectivity index (χ1n) is 10.8. The van der Waals surface area contributed by atoms with E-state index in [4.69, 9.17) is 0 Å². The molecule has 0 atom stereocenters. The van der Waals surface area contributed by atoms with E-state index in [1.165, 1.54) is 12.5 Å². The molecule has 0 unspecified atom stereocenters. The van der Waals surface area contributed by atoms with E-state index in [9.17, 15) is 18.0 Å². The zero-order chi connectivity index (χ0) is 21.8. The van der Waals surface area contributed by atoms with Crippen LogP contribution in [0.1, 0.15) is 65.7 Å². The van der Waals surface area contributed by atoms with Gasteiger partial charge in [-0.25, -0.2) is 13.1 Å². The maximum Gasteiger partial charge on any atom is 0.264 e. The number of benzene rings is 2. The highest BCUT2D eigenvalue weighted by atomic mass is 32.2. The maximum atomic E-state index is 13.1. The fraction of sp³-hybridized carbons (Fsp3) is 0.391. The van der Waals surface area contributed by atoms with Crippen molar-refractivity contribution in [3.05, 3.63) is 59.7 Å². The zero-order valence-electron chi connectivity index (χ0n) is 17.3. The van der Waals surface area contributed by atoms with Gasteiger partial charge in [0.1, 0.15) is 0 Å². The van der Waals surface area contributed by atoms with Crippen LogP contribution in [0.5, 0.6) is 0 Å². The van der Waals surface area contributed by atoms with Crippen molar-refractivity contribution in [3.63, 3.8) is 0 Å². The number of carbonyl (C=O) groups excluding carboxylic acids is 2. The average Bonchev–Trinajstić information content (AvgIpc) is 3.61. The van der Waals surface area contributed by atoms with Crippen molar-refractivity contribution in [1.29, 1.82) is 0 Å². The molecule has 0 bridgehead atoms. The van der Waals surface area contributed by atoms with Gasteiger partial charge in [-0.2, -0.15) is 0 Å². The highest BCUT2D eigenvalue weighted by molar-refractivity contribution is 7.91. The zero-order valence-corrected chi connectivity index (χ0v) is 18.1. The normalized spacial score (nSPS) is 17.0. The molecule has 0 radical (unpaired) electrons. The number of nitrogens with one attached hydrogen (secondary N) is 3. The summed E-state index contributed by atoms with van der Waals surface area (Å²) in [6.07, 6.45) is 6.69. The van der Waals surface area contributed by atoms with Crippen LogP contribution in [0.15, 0.2) is 48.5 Å². The van der Waals surface area contributed by atoms with Gasteiger partial charge in [0.05, 0.1) is 10.8 Å². The number of amides is 2. The Kier molecular flexibility index (Phi) is 6.27. The Bertz CT molecular complexity index is 1060.